The van der Waals surface area contributed by atoms with Crippen LogP contribution in [0.3, 0.4) is 0 Å². The number of nitrogens with one attached hydrogen (secondary N) is 2. The minimum atomic E-state index is -4.66. The average molecular weight is 274 g/mol. The predicted octanol–water partition coefficient (Wildman–Crippen LogP) is 2.92. The van der Waals surface area contributed by atoms with Crippen LogP contribution < -0.4 is 10.6 Å². The van der Waals surface area contributed by atoms with Crippen LogP contribution in [0.25, 0.3) is 0 Å². The van der Waals surface area contributed by atoms with Crippen molar-refractivity contribution < 1.29 is 27.9 Å². The highest BCUT2D eigenvalue weighted by molar-refractivity contribution is 5.99. The first-order valence-electron chi connectivity index (χ1n) is 4.88. The van der Waals surface area contributed by atoms with Gasteiger partial charge >= 0.3 is 12.3 Å². The summed E-state index contributed by atoms with van der Waals surface area (Å²) in [5.41, 5.74) is -1.58. The number of benzene rings is 1. The van der Waals surface area contributed by atoms with Crippen LogP contribution in [0.4, 0.5) is 29.3 Å². The fourth-order valence-corrected chi connectivity index (χ4v) is 1.25. The molecule has 0 bridgehead atoms. The topological polar surface area (TPSA) is 78.4 Å². The summed E-state index contributed by atoms with van der Waals surface area (Å²) in [5.74, 6) is -0.708. The van der Waals surface area contributed by atoms with Gasteiger partial charge in [-0.15, -0.1) is 0 Å². The van der Waals surface area contributed by atoms with Crippen molar-refractivity contribution in [2.24, 2.45) is 0 Å². The van der Waals surface area contributed by atoms with Crippen LogP contribution in [0.1, 0.15) is 5.56 Å². The normalized spacial score (nSPS) is 10.7. The molecule has 0 saturated heterocycles. The average Bonchev–Trinajstić information content (AvgIpc) is 2.26. The lowest BCUT2D eigenvalue weighted by molar-refractivity contribution is -0.137. The van der Waals surface area contributed by atoms with Gasteiger partial charge in [0.15, 0.2) is 0 Å². The van der Waals surface area contributed by atoms with Crippen LogP contribution in [0.5, 0.6) is 0 Å². The third-order valence-electron chi connectivity index (χ3n) is 1.96. The summed E-state index contributed by atoms with van der Waals surface area (Å²) in [6.07, 6.45) is -5.30. The molecule has 102 valence electrons. The van der Waals surface area contributed by atoms with Crippen LogP contribution in [0.2, 0.25) is 0 Å². The van der Waals surface area contributed by atoms with Gasteiger partial charge in [0.2, 0.25) is 5.91 Å². The van der Waals surface area contributed by atoms with Gasteiger partial charge in [-0.25, -0.2) is 4.79 Å². The molecule has 0 atom stereocenters. The van der Waals surface area contributed by atoms with Crippen LogP contribution in [-0.2, 0) is 11.0 Å². The first-order chi connectivity index (χ1) is 8.72. The Morgan fingerprint density at radius 3 is 2.11 bits per heavy atom. The molecule has 0 aliphatic carbocycles. The Morgan fingerprint density at radius 2 is 1.68 bits per heavy atom. The number of halogens is 3. The molecule has 0 fully saturated rings. The molecule has 0 aliphatic heterocycles. The standard InChI is InChI=1S/C11H9F3N2O3/c1-2-9(17)15-7-3-6(11(12,13)14)4-8(5-7)16-10(18)19/h2-5,16H,1H2,(H,15,17)(H,18,19). The van der Waals surface area contributed by atoms with E-state index in [1.807, 2.05) is 0 Å². The molecule has 3 N–H and O–H groups in total. The minimum absolute atomic E-state index is 0.191. The Hall–Kier alpha value is -2.51. The molecule has 0 heterocycles. The van der Waals surface area contributed by atoms with Gasteiger partial charge in [0, 0.05) is 11.4 Å². The van der Waals surface area contributed by atoms with Crippen molar-refractivity contribution >= 4 is 23.4 Å². The van der Waals surface area contributed by atoms with Crippen LogP contribution in [0, 0.1) is 0 Å². The Balaban J connectivity index is 3.19. The number of anilines is 2. The highest BCUT2D eigenvalue weighted by Gasteiger charge is 2.31. The van der Waals surface area contributed by atoms with E-state index in [-0.39, 0.29) is 11.4 Å². The van der Waals surface area contributed by atoms with Gasteiger partial charge in [-0.3, -0.25) is 10.1 Å². The molecule has 8 heteroatoms. The van der Waals surface area contributed by atoms with E-state index in [4.69, 9.17) is 5.11 Å². The number of alkyl halides is 3. The van der Waals surface area contributed by atoms with Crippen LogP contribution >= 0.6 is 0 Å². The summed E-state index contributed by atoms with van der Waals surface area (Å²) in [7, 11) is 0. The lowest BCUT2D eigenvalue weighted by atomic mass is 10.1. The molecule has 0 spiro atoms. The summed E-state index contributed by atoms with van der Waals surface area (Å²) in [5, 5.41) is 12.4. The van der Waals surface area contributed by atoms with Gasteiger partial charge in [-0.2, -0.15) is 13.2 Å². The molecule has 0 unspecified atom stereocenters. The molecule has 0 radical (unpaired) electrons. The molecule has 5 nitrogen and oxygen atoms in total. The van der Waals surface area contributed by atoms with Crippen molar-refractivity contribution in [3.05, 3.63) is 36.4 Å². The van der Waals surface area contributed by atoms with Gasteiger partial charge < -0.3 is 10.4 Å². The summed E-state index contributed by atoms with van der Waals surface area (Å²) in [6, 6.07) is 2.37. The molecule has 1 aromatic rings. The highest BCUT2D eigenvalue weighted by Crippen LogP contribution is 2.33. The number of carbonyl (C=O) groups excluding carboxylic acids is 1. The lowest BCUT2D eigenvalue weighted by Gasteiger charge is -2.12. The van der Waals surface area contributed by atoms with Gasteiger partial charge in [0.05, 0.1) is 5.56 Å². The van der Waals surface area contributed by atoms with Gasteiger partial charge in [0.1, 0.15) is 0 Å². The van der Waals surface area contributed by atoms with E-state index in [2.05, 4.69) is 11.9 Å². The zero-order valence-corrected chi connectivity index (χ0v) is 9.41. The zero-order valence-electron chi connectivity index (χ0n) is 9.41. The number of carbonyl (C=O) groups is 2. The van der Waals surface area contributed by atoms with Gasteiger partial charge in [-0.05, 0) is 24.3 Å². The molecular formula is C11H9F3N2O3. The fourth-order valence-electron chi connectivity index (χ4n) is 1.25. The smallest absolute Gasteiger partial charge is 0.416 e. The second-order valence-corrected chi connectivity index (χ2v) is 3.42. The monoisotopic (exact) mass is 274 g/mol. The van der Waals surface area contributed by atoms with Crippen molar-refractivity contribution in [2.75, 3.05) is 10.6 Å². The summed E-state index contributed by atoms with van der Waals surface area (Å²) in [4.78, 5) is 21.5. The van der Waals surface area contributed by atoms with E-state index in [0.717, 1.165) is 12.1 Å². The molecule has 2 amide bonds. The minimum Gasteiger partial charge on any atom is -0.465 e. The van der Waals surface area contributed by atoms with Gasteiger partial charge in [0.25, 0.3) is 0 Å². The molecular weight excluding hydrogens is 265 g/mol. The molecule has 0 aromatic heterocycles. The maximum atomic E-state index is 12.6. The molecule has 1 rings (SSSR count). The Bertz CT molecular complexity index is 526. The van der Waals surface area contributed by atoms with Crippen molar-refractivity contribution in [1.82, 2.24) is 0 Å². The van der Waals surface area contributed by atoms with E-state index < -0.39 is 23.7 Å². The van der Waals surface area contributed by atoms with Crippen molar-refractivity contribution in [3.63, 3.8) is 0 Å². The maximum absolute atomic E-state index is 12.6. The Morgan fingerprint density at radius 1 is 1.16 bits per heavy atom. The van der Waals surface area contributed by atoms with Crippen molar-refractivity contribution in [3.8, 4) is 0 Å². The highest BCUT2D eigenvalue weighted by atomic mass is 19.4. The third-order valence-corrected chi connectivity index (χ3v) is 1.96. The van der Waals surface area contributed by atoms with Crippen LogP contribution in [0.15, 0.2) is 30.9 Å². The third kappa shape index (κ3) is 4.34. The Kier molecular flexibility index (Phi) is 4.15. The van der Waals surface area contributed by atoms with E-state index in [1.54, 1.807) is 5.32 Å². The largest absolute Gasteiger partial charge is 0.465 e. The first kappa shape index (κ1) is 14.6. The van der Waals surface area contributed by atoms with Crippen LogP contribution in [-0.4, -0.2) is 17.1 Å². The first-order valence-corrected chi connectivity index (χ1v) is 4.88. The van der Waals surface area contributed by atoms with E-state index in [0.29, 0.717) is 12.1 Å². The molecule has 0 aliphatic rings. The molecule has 19 heavy (non-hydrogen) atoms. The Labute approximate surface area is 105 Å². The van der Waals surface area contributed by atoms with E-state index in [1.165, 1.54) is 0 Å². The van der Waals surface area contributed by atoms with E-state index >= 15 is 0 Å². The summed E-state index contributed by atoms with van der Waals surface area (Å²) < 4.78 is 37.8. The summed E-state index contributed by atoms with van der Waals surface area (Å²) in [6.45, 7) is 3.15. The van der Waals surface area contributed by atoms with Crippen molar-refractivity contribution in [1.29, 1.82) is 0 Å². The summed E-state index contributed by atoms with van der Waals surface area (Å²) >= 11 is 0. The SMILES string of the molecule is C=CC(=O)Nc1cc(NC(=O)O)cc(C(F)(F)F)c1. The number of hydrogen-bond donors (Lipinski definition) is 3. The van der Waals surface area contributed by atoms with Crippen molar-refractivity contribution in [2.45, 2.75) is 6.18 Å². The lowest BCUT2D eigenvalue weighted by Crippen LogP contribution is -2.13. The molecule has 1 aromatic carbocycles. The van der Waals surface area contributed by atoms with E-state index in [9.17, 15) is 22.8 Å². The number of rotatable bonds is 3. The zero-order chi connectivity index (χ0) is 14.6. The second-order valence-electron chi connectivity index (χ2n) is 3.42. The fraction of sp³-hybridized carbons (Fsp3) is 0.0909. The number of amides is 2. The maximum Gasteiger partial charge on any atom is 0.416 e. The predicted molar refractivity (Wildman–Crippen MR) is 61.9 cm³/mol. The number of carboxylic acid groups (broad SMARTS) is 1. The van der Waals surface area contributed by atoms with Gasteiger partial charge in [-0.1, -0.05) is 6.58 Å². The quantitative estimate of drug-likeness (QED) is 0.741. The number of hydrogen-bond acceptors (Lipinski definition) is 2. The molecule has 0 saturated carbocycles. The second kappa shape index (κ2) is 5.42.